The summed E-state index contributed by atoms with van der Waals surface area (Å²) >= 11 is 0. The lowest BCUT2D eigenvalue weighted by Crippen LogP contribution is -2.00. The van der Waals surface area contributed by atoms with Gasteiger partial charge in [0, 0.05) is 11.8 Å². The van der Waals surface area contributed by atoms with Gasteiger partial charge in [0.05, 0.1) is 11.9 Å². The minimum atomic E-state index is -0.257. The lowest BCUT2D eigenvalue weighted by atomic mass is 10.2. The standard InChI is InChI=1S/C18H14FN5/c19-14-8-6-12(7-9-14)10-24-11-15-16(20)21-17(22-18(15)23-24)13-4-2-1-3-5-13/h1-9,11H,10H2,(H2,20,21,22,23). The Kier molecular flexibility index (Phi) is 3.42. The summed E-state index contributed by atoms with van der Waals surface area (Å²) in [7, 11) is 0. The van der Waals surface area contributed by atoms with Gasteiger partial charge in [-0.3, -0.25) is 4.68 Å². The highest BCUT2D eigenvalue weighted by Crippen LogP contribution is 2.22. The third kappa shape index (κ3) is 2.69. The first-order valence-corrected chi connectivity index (χ1v) is 7.49. The zero-order valence-electron chi connectivity index (χ0n) is 12.7. The monoisotopic (exact) mass is 319 g/mol. The second-order valence-corrected chi connectivity index (χ2v) is 5.49. The van der Waals surface area contributed by atoms with Gasteiger partial charge in [-0.25, -0.2) is 14.4 Å². The number of aromatic nitrogens is 4. The van der Waals surface area contributed by atoms with Gasteiger partial charge in [0.2, 0.25) is 0 Å². The molecule has 0 saturated carbocycles. The summed E-state index contributed by atoms with van der Waals surface area (Å²) in [4.78, 5) is 8.87. The Morgan fingerprint density at radius 3 is 2.46 bits per heavy atom. The molecule has 5 nitrogen and oxygen atoms in total. The van der Waals surface area contributed by atoms with Crippen LogP contribution >= 0.6 is 0 Å². The minimum absolute atomic E-state index is 0.257. The number of nitrogens with zero attached hydrogens (tertiary/aromatic N) is 4. The molecule has 118 valence electrons. The first-order chi connectivity index (χ1) is 11.7. The van der Waals surface area contributed by atoms with E-state index >= 15 is 0 Å². The SMILES string of the molecule is Nc1nc(-c2ccccc2)nc2nn(Cc3ccc(F)cc3)cc12. The molecule has 4 rings (SSSR count). The zero-order valence-corrected chi connectivity index (χ0v) is 12.7. The molecule has 2 aromatic carbocycles. The fraction of sp³-hybridized carbons (Fsp3) is 0.0556. The Bertz CT molecular complexity index is 993. The van der Waals surface area contributed by atoms with Gasteiger partial charge in [-0.15, -0.1) is 0 Å². The Morgan fingerprint density at radius 2 is 1.71 bits per heavy atom. The Hall–Kier alpha value is -3.28. The highest BCUT2D eigenvalue weighted by molar-refractivity contribution is 5.86. The van der Waals surface area contributed by atoms with Gasteiger partial charge in [0.25, 0.3) is 0 Å². The third-order valence-electron chi connectivity index (χ3n) is 3.75. The number of hydrogen-bond donors (Lipinski definition) is 1. The molecule has 2 N–H and O–H groups in total. The first kappa shape index (κ1) is 14.3. The fourth-order valence-corrected chi connectivity index (χ4v) is 2.55. The van der Waals surface area contributed by atoms with Crippen LogP contribution in [0.3, 0.4) is 0 Å². The maximum Gasteiger partial charge on any atom is 0.186 e. The summed E-state index contributed by atoms with van der Waals surface area (Å²) in [5.41, 5.74) is 8.44. The molecule has 0 bridgehead atoms. The molecule has 0 radical (unpaired) electrons. The topological polar surface area (TPSA) is 69.6 Å². The second-order valence-electron chi connectivity index (χ2n) is 5.49. The van der Waals surface area contributed by atoms with Crippen LogP contribution in [0.25, 0.3) is 22.4 Å². The van der Waals surface area contributed by atoms with E-state index in [2.05, 4.69) is 15.1 Å². The maximum absolute atomic E-state index is 13.0. The van der Waals surface area contributed by atoms with Crippen LogP contribution in [-0.2, 0) is 6.54 Å². The highest BCUT2D eigenvalue weighted by atomic mass is 19.1. The van der Waals surface area contributed by atoms with Gasteiger partial charge in [-0.05, 0) is 17.7 Å². The van der Waals surface area contributed by atoms with E-state index in [9.17, 15) is 4.39 Å². The average molecular weight is 319 g/mol. The van der Waals surface area contributed by atoms with Gasteiger partial charge in [-0.1, -0.05) is 42.5 Å². The van der Waals surface area contributed by atoms with Crippen molar-refractivity contribution in [3.63, 3.8) is 0 Å². The number of nitrogen functional groups attached to an aromatic ring is 1. The summed E-state index contributed by atoms with van der Waals surface area (Å²) in [5.74, 6) is 0.684. The molecule has 2 aromatic heterocycles. The molecule has 0 spiro atoms. The van der Waals surface area contributed by atoms with Gasteiger partial charge in [-0.2, -0.15) is 5.10 Å². The molecule has 24 heavy (non-hydrogen) atoms. The van der Waals surface area contributed by atoms with E-state index in [1.54, 1.807) is 16.8 Å². The molecule has 6 heteroatoms. The normalized spacial score (nSPS) is 11.0. The number of anilines is 1. The Labute approximate surface area is 137 Å². The van der Waals surface area contributed by atoms with E-state index in [1.165, 1.54) is 12.1 Å². The van der Waals surface area contributed by atoms with E-state index in [4.69, 9.17) is 5.73 Å². The largest absolute Gasteiger partial charge is 0.383 e. The lowest BCUT2D eigenvalue weighted by Gasteiger charge is -2.01. The third-order valence-corrected chi connectivity index (χ3v) is 3.75. The van der Waals surface area contributed by atoms with Crippen LogP contribution in [0.1, 0.15) is 5.56 Å². The molecule has 4 aromatic rings. The van der Waals surface area contributed by atoms with Crippen molar-refractivity contribution in [2.24, 2.45) is 0 Å². The Balaban J connectivity index is 1.72. The van der Waals surface area contributed by atoms with E-state index in [0.29, 0.717) is 29.2 Å². The van der Waals surface area contributed by atoms with E-state index in [0.717, 1.165) is 11.1 Å². The molecule has 0 saturated heterocycles. The van der Waals surface area contributed by atoms with Crippen LogP contribution in [0.5, 0.6) is 0 Å². The molecular weight excluding hydrogens is 305 g/mol. The van der Waals surface area contributed by atoms with Crippen molar-refractivity contribution in [3.8, 4) is 11.4 Å². The number of benzene rings is 2. The number of fused-ring (bicyclic) bond motifs is 1. The summed E-state index contributed by atoms with van der Waals surface area (Å²) in [6.07, 6.45) is 1.81. The van der Waals surface area contributed by atoms with Crippen molar-refractivity contribution in [3.05, 3.63) is 72.2 Å². The fourth-order valence-electron chi connectivity index (χ4n) is 2.55. The van der Waals surface area contributed by atoms with E-state index in [1.807, 2.05) is 36.5 Å². The summed E-state index contributed by atoms with van der Waals surface area (Å²) in [6, 6.07) is 16.0. The van der Waals surface area contributed by atoms with E-state index < -0.39 is 0 Å². The Morgan fingerprint density at radius 1 is 0.958 bits per heavy atom. The van der Waals surface area contributed by atoms with Gasteiger partial charge < -0.3 is 5.73 Å². The smallest absolute Gasteiger partial charge is 0.186 e. The molecule has 2 heterocycles. The van der Waals surface area contributed by atoms with Crippen LogP contribution in [0.4, 0.5) is 10.2 Å². The number of halogens is 1. The van der Waals surface area contributed by atoms with Crippen LogP contribution in [0.2, 0.25) is 0 Å². The molecule has 0 aliphatic heterocycles. The van der Waals surface area contributed by atoms with Crippen LogP contribution in [0, 0.1) is 5.82 Å². The molecular formula is C18H14FN5. The summed E-state index contributed by atoms with van der Waals surface area (Å²) in [5, 5.41) is 5.17. The van der Waals surface area contributed by atoms with Crippen molar-refractivity contribution in [2.45, 2.75) is 6.54 Å². The quantitative estimate of drug-likeness (QED) is 0.629. The zero-order chi connectivity index (χ0) is 16.5. The average Bonchev–Trinajstić information content (AvgIpc) is 3.01. The van der Waals surface area contributed by atoms with Crippen molar-refractivity contribution in [2.75, 3.05) is 5.73 Å². The molecule has 0 amide bonds. The number of rotatable bonds is 3. The number of hydrogen-bond acceptors (Lipinski definition) is 4. The van der Waals surface area contributed by atoms with Crippen molar-refractivity contribution < 1.29 is 4.39 Å². The highest BCUT2D eigenvalue weighted by Gasteiger charge is 2.11. The summed E-state index contributed by atoms with van der Waals surface area (Å²) in [6.45, 7) is 0.511. The molecule has 0 aliphatic rings. The van der Waals surface area contributed by atoms with Crippen LogP contribution in [-0.4, -0.2) is 19.7 Å². The molecule has 0 aliphatic carbocycles. The predicted octanol–water partition coefficient (Wildman–Crippen LogP) is 3.26. The van der Waals surface area contributed by atoms with Crippen molar-refractivity contribution in [1.82, 2.24) is 19.7 Å². The van der Waals surface area contributed by atoms with Crippen LogP contribution < -0.4 is 5.73 Å². The first-order valence-electron chi connectivity index (χ1n) is 7.49. The van der Waals surface area contributed by atoms with Crippen molar-refractivity contribution >= 4 is 16.9 Å². The molecule has 0 fully saturated rings. The maximum atomic E-state index is 13.0. The molecule has 0 unspecified atom stereocenters. The molecule has 0 atom stereocenters. The second kappa shape index (κ2) is 5.73. The number of nitrogens with two attached hydrogens (primary N) is 1. The minimum Gasteiger partial charge on any atom is -0.383 e. The van der Waals surface area contributed by atoms with Gasteiger partial charge >= 0.3 is 0 Å². The van der Waals surface area contributed by atoms with Crippen molar-refractivity contribution in [1.29, 1.82) is 0 Å². The summed E-state index contributed by atoms with van der Waals surface area (Å²) < 4.78 is 14.7. The van der Waals surface area contributed by atoms with Gasteiger partial charge in [0.15, 0.2) is 11.5 Å². The van der Waals surface area contributed by atoms with Gasteiger partial charge in [0.1, 0.15) is 11.6 Å². The predicted molar refractivity (Wildman–Crippen MR) is 90.7 cm³/mol. The van der Waals surface area contributed by atoms with Crippen LogP contribution in [0.15, 0.2) is 60.8 Å². The van der Waals surface area contributed by atoms with E-state index in [-0.39, 0.29) is 5.82 Å². The lowest BCUT2D eigenvalue weighted by molar-refractivity contribution is 0.624.